The molecule has 0 atom stereocenters. The predicted octanol–water partition coefficient (Wildman–Crippen LogP) is 3.19. The zero-order valence-corrected chi connectivity index (χ0v) is 9.14. The lowest BCUT2D eigenvalue weighted by molar-refractivity contribution is 0.457. The van der Waals surface area contributed by atoms with Crippen molar-refractivity contribution in [1.82, 2.24) is 4.98 Å². The molecule has 2 rings (SSSR count). The van der Waals surface area contributed by atoms with Crippen LogP contribution in [0.15, 0.2) is 36.5 Å². The first-order chi connectivity index (χ1) is 8.19. The Balaban J connectivity index is 2.20. The Morgan fingerprint density at radius 1 is 1.29 bits per heavy atom. The van der Waals surface area contributed by atoms with E-state index < -0.39 is 0 Å². The van der Waals surface area contributed by atoms with Gasteiger partial charge in [0.25, 0.3) is 0 Å². The number of nitrogens with zero attached hydrogens (tertiary/aromatic N) is 2. The third-order valence-electron chi connectivity index (χ3n) is 2.23. The van der Waals surface area contributed by atoms with E-state index in [-0.39, 0.29) is 5.82 Å². The van der Waals surface area contributed by atoms with Crippen LogP contribution < -0.4 is 4.74 Å². The van der Waals surface area contributed by atoms with Gasteiger partial charge in [-0.3, -0.25) is 0 Å². The monoisotopic (exact) mass is 228 g/mol. The molecule has 0 saturated carbocycles. The molecule has 1 heterocycles. The first-order valence-corrected chi connectivity index (χ1v) is 4.99. The average molecular weight is 228 g/mol. The van der Waals surface area contributed by atoms with E-state index in [1.165, 1.54) is 12.3 Å². The van der Waals surface area contributed by atoms with E-state index in [0.29, 0.717) is 22.8 Å². The molecule has 1 aromatic carbocycles. The second-order valence-electron chi connectivity index (χ2n) is 3.51. The van der Waals surface area contributed by atoms with Crippen molar-refractivity contribution in [2.24, 2.45) is 0 Å². The molecule has 0 saturated heterocycles. The summed E-state index contributed by atoms with van der Waals surface area (Å²) in [6, 6.07) is 9.71. The highest BCUT2D eigenvalue weighted by Crippen LogP contribution is 2.21. The van der Waals surface area contributed by atoms with Crippen molar-refractivity contribution in [1.29, 1.82) is 5.26 Å². The van der Waals surface area contributed by atoms with Gasteiger partial charge in [-0.1, -0.05) is 6.07 Å². The number of rotatable bonds is 2. The van der Waals surface area contributed by atoms with Gasteiger partial charge >= 0.3 is 0 Å². The van der Waals surface area contributed by atoms with Crippen LogP contribution in [-0.4, -0.2) is 4.98 Å². The Labute approximate surface area is 98.1 Å². The van der Waals surface area contributed by atoms with Crippen LogP contribution in [0.1, 0.15) is 11.1 Å². The fraction of sp³-hybridized carbons (Fsp3) is 0.0769. The second-order valence-corrected chi connectivity index (χ2v) is 3.51. The van der Waals surface area contributed by atoms with E-state index >= 15 is 0 Å². The molecule has 0 amide bonds. The molecule has 0 N–H and O–H groups in total. The Kier molecular flexibility index (Phi) is 3.01. The van der Waals surface area contributed by atoms with Crippen LogP contribution in [-0.2, 0) is 0 Å². The van der Waals surface area contributed by atoms with Gasteiger partial charge in [0.15, 0.2) is 0 Å². The largest absolute Gasteiger partial charge is 0.439 e. The molecule has 3 nitrogen and oxygen atoms in total. The zero-order valence-electron chi connectivity index (χ0n) is 9.14. The van der Waals surface area contributed by atoms with E-state index in [4.69, 9.17) is 10.00 Å². The molecule has 0 unspecified atom stereocenters. The van der Waals surface area contributed by atoms with Crippen molar-refractivity contribution in [2.45, 2.75) is 6.92 Å². The van der Waals surface area contributed by atoms with E-state index in [1.54, 1.807) is 31.2 Å². The van der Waals surface area contributed by atoms with Crippen LogP contribution >= 0.6 is 0 Å². The molecule has 84 valence electrons. The van der Waals surface area contributed by atoms with Crippen molar-refractivity contribution in [3.8, 4) is 17.7 Å². The Bertz CT molecular complexity index is 573. The first-order valence-electron chi connectivity index (χ1n) is 4.99. The van der Waals surface area contributed by atoms with Gasteiger partial charge in [0.05, 0.1) is 5.56 Å². The molecular formula is C13H9FN2O. The molecule has 0 aliphatic carbocycles. The van der Waals surface area contributed by atoms with Gasteiger partial charge < -0.3 is 4.74 Å². The van der Waals surface area contributed by atoms with E-state index in [9.17, 15) is 4.39 Å². The SMILES string of the molecule is Cc1ccc(Oc2ccc(C#N)cn2)cc1F. The standard InChI is InChI=1S/C13H9FN2O/c1-9-2-4-11(6-12(9)14)17-13-5-3-10(7-15)8-16-13/h2-6,8H,1H3. The summed E-state index contributed by atoms with van der Waals surface area (Å²) in [6.07, 6.45) is 1.40. The summed E-state index contributed by atoms with van der Waals surface area (Å²) in [5.74, 6) is 0.383. The fourth-order valence-electron chi connectivity index (χ4n) is 1.26. The highest BCUT2D eigenvalue weighted by atomic mass is 19.1. The van der Waals surface area contributed by atoms with Crippen LogP contribution in [0, 0.1) is 24.1 Å². The van der Waals surface area contributed by atoms with Gasteiger partial charge in [-0.2, -0.15) is 5.26 Å². The van der Waals surface area contributed by atoms with E-state index in [2.05, 4.69) is 4.98 Å². The molecule has 0 aliphatic rings. The van der Waals surface area contributed by atoms with Gasteiger partial charge in [0.2, 0.25) is 5.88 Å². The van der Waals surface area contributed by atoms with Gasteiger partial charge in [-0.05, 0) is 24.6 Å². The second kappa shape index (κ2) is 4.62. The van der Waals surface area contributed by atoms with Crippen LogP contribution in [0.5, 0.6) is 11.6 Å². The van der Waals surface area contributed by atoms with Gasteiger partial charge in [0, 0.05) is 18.3 Å². The molecular weight excluding hydrogens is 219 g/mol. The van der Waals surface area contributed by atoms with Crippen LogP contribution in [0.4, 0.5) is 4.39 Å². The summed E-state index contributed by atoms with van der Waals surface area (Å²) in [5.41, 5.74) is 1.01. The van der Waals surface area contributed by atoms with Crippen molar-refractivity contribution in [3.05, 3.63) is 53.5 Å². The van der Waals surface area contributed by atoms with Gasteiger partial charge in [0.1, 0.15) is 17.6 Å². The minimum absolute atomic E-state index is 0.323. The summed E-state index contributed by atoms with van der Waals surface area (Å²) in [4.78, 5) is 3.93. The van der Waals surface area contributed by atoms with Crippen molar-refractivity contribution in [3.63, 3.8) is 0 Å². The third kappa shape index (κ3) is 2.58. The number of aromatic nitrogens is 1. The summed E-state index contributed by atoms with van der Waals surface area (Å²) < 4.78 is 18.6. The van der Waals surface area contributed by atoms with E-state index in [0.717, 1.165) is 0 Å². The fourth-order valence-corrected chi connectivity index (χ4v) is 1.26. The summed E-state index contributed by atoms with van der Waals surface area (Å²) in [7, 11) is 0. The van der Waals surface area contributed by atoms with Gasteiger partial charge in [-0.15, -0.1) is 0 Å². The molecule has 0 fully saturated rings. The molecule has 0 radical (unpaired) electrons. The normalized spacial score (nSPS) is 9.71. The molecule has 0 bridgehead atoms. The zero-order chi connectivity index (χ0) is 12.3. The predicted molar refractivity (Wildman–Crippen MR) is 60.2 cm³/mol. The lowest BCUT2D eigenvalue weighted by Crippen LogP contribution is -1.90. The maximum absolute atomic E-state index is 13.3. The van der Waals surface area contributed by atoms with Crippen LogP contribution in [0.25, 0.3) is 0 Å². The van der Waals surface area contributed by atoms with Crippen LogP contribution in [0.3, 0.4) is 0 Å². The lowest BCUT2D eigenvalue weighted by Gasteiger charge is -2.05. The smallest absolute Gasteiger partial charge is 0.219 e. The van der Waals surface area contributed by atoms with Crippen molar-refractivity contribution >= 4 is 0 Å². The molecule has 17 heavy (non-hydrogen) atoms. The number of benzene rings is 1. The summed E-state index contributed by atoms with van der Waals surface area (Å²) in [6.45, 7) is 1.68. The number of aryl methyl sites for hydroxylation is 1. The Morgan fingerprint density at radius 2 is 2.12 bits per heavy atom. The molecule has 4 heteroatoms. The molecule has 0 aliphatic heterocycles. The quantitative estimate of drug-likeness (QED) is 0.792. The molecule has 2 aromatic rings. The number of halogens is 1. The number of ether oxygens (including phenoxy) is 1. The van der Waals surface area contributed by atoms with Crippen molar-refractivity contribution in [2.75, 3.05) is 0 Å². The Hall–Kier alpha value is -2.41. The summed E-state index contributed by atoms with van der Waals surface area (Å²) >= 11 is 0. The number of hydrogen-bond acceptors (Lipinski definition) is 3. The third-order valence-corrected chi connectivity index (χ3v) is 2.23. The minimum Gasteiger partial charge on any atom is -0.439 e. The first kappa shape index (κ1) is 11.1. The number of hydrogen-bond donors (Lipinski definition) is 0. The van der Waals surface area contributed by atoms with E-state index in [1.807, 2.05) is 6.07 Å². The topological polar surface area (TPSA) is 45.9 Å². The summed E-state index contributed by atoms with van der Waals surface area (Å²) in [5, 5.41) is 8.60. The maximum Gasteiger partial charge on any atom is 0.219 e. The number of pyridine rings is 1. The van der Waals surface area contributed by atoms with Crippen molar-refractivity contribution < 1.29 is 9.13 Å². The Morgan fingerprint density at radius 3 is 2.71 bits per heavy atom. The number of nitriles is 1. The maximum atomic E-state index is 13.3. The molecule has 1 aromatic heterocycles. The lowest BCUT2D eigenvalue weighted by atomic mass is 10.2. The van der Waals surface area contributed by atoms with Gasteiger partial charge in [-0.25, -0.2) is 9.37 Å². The van der Waals surface area contributed by atoms with Crippen LogP contribution in [0.2, 0.25) is 0 Å². The average Bonchev–Trinajstić information content (AvgIpc) is 2.35. The minimum atomic E-state index is -0.323. The highest BCUT2D eigenvalue weighted by Gasteiger charge is 2.02. The highest BCUT2D eigenvalue weighted by molar-refractivity contribution is 5.33. The molecule has 0 spiro atoms.